The minimum Gasteiger partial charge on any atom is -0.383 e. The molecular weight excluding hydrogens is 250 g/mol. The number of carbonyl (C=O) groups excluding carboxylic acids is 1. The third-order valence-corrected chi connectivity index (χ3v) is 5.09. The van der Waals surface area contributed by atoms with Crippen LogP contribution in [0.1, 0.15) is 67.2 Å². The van der Waals surface area contributed by atoms with Gasteiger partial charge in [-0.15, -0.1) is 0 Å². The van der Waals surface area contributed by atoms with E-state index in [2.05, 4.69) is 39.9 Å². The molecule has 1 rings (SSSR count). The van der Waals surface area contributed by atoms with Crippen LogP contribution < -0.4 is 5.32 Å². The minimum absolute atomic E-state index is 0.0225. The van der Waals surface area contributed by atoms with E-state index < -0.39 is 11.1 Å². The molecule has 116 valence electrons. The topological polar surface area (TPSA) is 49.3 Å². The molecular formula is C17H31NO2. The lowest BCUT2D eigenvalue weighted by Crippen LogP contribution is -2.69. The zero-order valence-electron chi connectivity index (χ0n) is 13.9. The van der Waals surface area contributed by atoms with Crippen LogP contribution in [0.2, 0.25) is 0 Å². The SMILES string of the molecule is CCC(C)NC1(C)CCCC(C)(C)C1(O)/C=C/C(C)=O. The number of aliphatic hydroxyl groups is 1. The highest BCUT2D eigenvalue weighted by atomic mass is 16.3. The molecule has 0 heterocycles. The van der Waals surface area contributed by atoms with Crippen LogP contribution in [-0.2, 0) is 4.79 Å². The molecule has 1 aliphatic rings. The number of nitrogens with one attached hydrogen (secondary N) is 1. The third kappa shape index (κ3) is 3.15. The summed E-state index contributed by atoms with van der Waals surface area (Å²) < 4.78 is 0. The summed E-state index contributed by atoms with van der Waals surface area (Å²) >= 11 is 0. The molecule has 3 unspecified atom stereocenters. The Balaban J connectivity index is 3.21. The van der Waals surface area contributed by atoms with Crippen molar-refractivity contribution in [3.05, 3.63) is 12.2 Å². The van der Waals surface area contributed by atoms with Crippen LogP contribution in [-0.4, -0.2) is 28.1 Å². The Morgan fingerprint density at radius 3 is 2.45 bits per heavy atom. The zero-order valence-corrected chi connectivity index (χ0v) is 13.9. The average Bonchev–Trinajstić information content (AvgIpc) is 2.33. The van der Waals surface area contributed by atoms with Gasteiger partial charge in [0.05, 0.1) is 0 Å². The van der Waals surface area contributed by atoms with Crippen LogP contribution in [0, 0.1) is 5.41 Å². The van der Waals surface area contributed by atoms with Crippen molar-refractivity contribution in [1.29, 1.82) is 0 Å². The molecule has 1 aliphatic carbocycles. The fourth-order valence-corrected chi connectivity index (χ4v) is 3.49. The van der Waals surface area contributed by atoms with E-state index >= 15 is 0 Å². The smallest absolute Gasteiger partial charge is 0.152 e. The van der Waals surface area contributed by atoms with E-state index in [-0.39, 0.29) is 11.2 Å². The molecule has 1 fully saturated rings. The van der Waals surface area contributed by atoms with Gasteiger partial charge in [-0.3, -0.25) is 4.79 Å². The predicted octanol–water partition coefficient (Wildman–Crippen LogP) is 3.22. The van der Waals surface area contributed by atoms with Crippen molar-refractivity contribution in [1.82, 2.24) is 5.32 Å². The first-order valence-electron chi connectivity index (χ1n) is 7.78. The number of rotatable bonds is 5. The maximum absolute atomic E-state index is 11.4. The second-order valence-electron chi connectivity index (χ2n) is 7.23. The van der Waals surface area contributed by atoms with Gasteiger partial charge in [0, 0.05) is 11.6 Å². The molecule has 0 bridgehead atoms. The van der Waals surface area contributed by atoms with Crippen molar-refractivity contribution in [3.63, 3.8) is 0 Å². The van der Waals surface area contributed by atoms with Crippen LogP contribution in [0.5, 0.6) is 0 Å². The summed E-state index contributed by atoms with van der Waals surface area (Å²) in [5.41, 5.74) is -1.68. The summed E-state index contributed by atoms with van der Waals surface area (Å²) in [6.07, 6.45) is 7.22. The second kappa shape index (κ2) is 5.98. The third-order valence-electron chi connectivity index (χ3n) is 5.09. The molecule has 20 heavy (non-hydrogen) atoms. The minimum atomic E-state index is -1.02. The first kappa shape index (κ1) is 17.4. The van der Waals surface area contributed by atoms with E-state index in [9.17, 15) is 9.90 Å². The largest absolute Gasteiger partial charge is 0.383 e. The predicted molar refractivity (Wildman–Crippen MR) is 83.7 cm³/mol. The first-order chi connectivity index (χ1) is 9.08. The molecule has 0 spiro atoms. The van der Waals surface area contributed by atoms with Gasteiger partial charge in [0.15, 0.2) is 5.78 Å². The van der Waals surface area contributed by atoms with Crippen molar-refractivity contribution < 1.29 is 9.90 Å². The highest BCUT2D eigenvalue weighted by molar-refractivity contribution is 5.87. The quantitative estimate of drug-likeness (QED) is 0.761. The second-order valence-corrected chi connectivity index (χ2v) is 7.23. The lowest BCUT2D eigenvalue weighted by atomic mass is 9.56. The molecule has 0 saturated heterocycles. The van der Waals surface area contributed by atoms with E-state index in [1.165, 1.54) is 13.0 Å². The Labute approximate surface area is 123 Å². The lowest BCUT2D eigenvalue weighted by Gasteiger charge is -2.57. The highest BCUT2D eigenvalue weighted by Gasteiger charge is 2.56. The molecule has 0 aromatic rings. The monoisotopic (exact) mass is 281 g/mol. The van der Waals surface area contributed by atoms with Crippen molar-refractivity contribution in [3.8, 4) is 0 Å². The molecule has 2 N–H and O–H groups in total. The molecule has 3 nitrogen and oxygen atoms in total. The van der Waals surface area contributed by atoms with E-state index in [1.54, 1.807) is 6.08 Å². The van der Waals surface area contributed by atoms with Crippen molar-refractivity contribution in [2.45, 2.75) is 84.4 Å². The Hall–Kier alpha value is -0.670. The molecule has 3 atom stereocenters. The van der Waals surface area contributed by atoms with E-state index in [1.807, 2.05) is 0 Å². The molecule has 0 aliphatic heterocycles. The van der Waals surface area contributed by atoms with Gasteiger partial charge in [-0.1, -0.05) is 27.2 Å². The summed E-state index contributed by atoms with van der Waals surface area (Å²) in [6, 6.07) is 0.339. The number of carbonyl (C=O) groups is 1. The first-order valence-corrected chi connectivity index (χ1v) is 7.78. The van der Waals surface area contributed by atoms with Gasteiger partial charge in [0.1, 0.15) is 5.60 Å². The van der Waals surface area contributed by atoms with Gasteiger partial charge < -0.3 is 10.4 Å². The van der Waals surface area contributed by atoms with Crippen LogP contribution in [0.3, 0.4) is 0 Å². The molecule has 0 aromatic carbocycles. The molecule has 0 aromatic heterocycles. The Morgan fingerprint density at radius 2 is 1.95 bits per heavy atom. The van der Waals surface area contributed by atoms with Gasteiger partial charge in [-0.2, -0.15) is 0 Å². The van der Waals surface area contributed by atoms with Crippen molar-refractivity contribution in [2.75, 3.05) is 0 Å². The standard InChI is InChI=1S/C17H31NO2/c1-7-13(2)18-16(6)11-8-10-15(4,5)17(16,20)12-9-14(3)19/h9,12-13,18,20H,7-8,10-11H2,1-6H3/b12-9+. The van der Waals surface area contributed by atoms with Crippen molar-refractivity contribution >= 4 is 5.78 Å². The lowest BCUT2D eigenvalue weighted by molar-refractivity contribution is -0.125. The van der Waals surface area contributed by atoms with Crippen LogP contribution in [0.4, 0.5) is 0 Å². The summed E-state index contributed by atoms with van der Waals surface area (Å²) in [4.78, 5) is 11.3. The Kier molecular flexibility index (Phi) is 5.20. The maximum atomic E-state index is 11.4. The van der Waals surface area contributed by atoms with E-state index in [0.717, 1.165) is 25.7 Å². The van der Waals surface area contributed by atoms with E-state index in [0.29, 0.717) is 6.04 Å². The average molecular weight is 281 g/mol. The number of ketones is 1. The summed E-state index contributed by atoms with van der Waals surface area (Å²) in [7, 11) is 0. The summed E-state index contributed by atoms with van der Waals surface area (Å²) in [5, 5.41) is 15.0. The van der Waals surface area contributed by atoms with Crippen LogP contribution in [0.25, 0.3) is 0 Å². The Morgan fingerprint density at radius 1 is 1.35 bits per heavy atom. The maximum Gasteiger partial charge on any atom is 0.152 e. The number of hydrogen-bond donors (Lipinski definition) is 2. The molecule has 1 saturated carbocycles. The highest BCUT2D eigenvalue weighted by Crippen LogP contribution is 2.50. The zero-order chi connectivity index (χ0) is 15.6. The fourth-order valence-electron chi connectivity index (χ4n) is 3.49. The fraction of sp³-hybridized carbons (Fsp3) is 0.824. The number of hydrogen-bond acceptors (Lipinski definition) is 3. The molecule has 3 heteroatoms. The van der Waals surface area contributed by atoms with Crippen LogP contribution in [0.15, 0.2) is 12.2 Å². The van der Waals surface area contributed by atoms with E-state index in [4.69, 9.17) is 0 Å². The molecule has 0 radical (unpaired) electrons. The van der Waals surface area contributed by atoms with Gasteiger partial charge >= 0.3 is 0 Å². The normalized spacial score (nSPS) is 35.1. The van der Waals surface area contributed by atoms with Gasteiger partial charge in [0.25, 0.3) is 0 Å². The summed E-state index contributed by atoms with van der Waals surface area (Å²) in [6.45, 7) is 12.1. The van der Waals surface area contributed by atoms with Gasteiger partial charge in [-0.05, 0) is 57.6 Å². The van der Waals surface area contributed by atoms with Gasteiger partial charge in [0.2, 0.25) is 0 Å². The Bertz CT molecular complexity index is 388. The summed E-state index contributed by atoms with van der Waals surface area (Å²) in [5.74, 6) is -0.0225. The number of allylic oxidation sites excluding steroid dienone is 1. The van der Waals surface area contributed by atoms with Crippen molar-refractivity contribution in [2.24, 2.45) is 5.41 Å². The van der Waals surface area contributed by atoms with Gasteiger partial charge in [-0.25, -0.2) is 0 Å². The molecule has 0 amide bonds. The van der Waals surface area contributed by atoms with Crippen LogP contribution >= 0.6 is 0 Å².